The molecular weight excluding hydrogens is 406 g/mol. The van der Waals surface area contributed by atoms with Crippen molar-refractivity contribution in [2.45, 2.75) is 40.2 Å². The highest BCUT2D eigenvalue weighted by atomic mass is 16.7. The van der Waals surface area contributed by atoms with Crippen LogP contribution < -0.4 is 30.7 Å². The number of H-pyrrole nitrogens is 2. The Labute approximate surface area is 185 Å². The summed E-state index contributed by atoms with van der Waals surface area (Å²) in [7, 11) is 1.64. The smallest absolute Gasteiger partial charge is 0.494 e. The number of nitrogens with zero attached hydrogens (tertiary/aromatic N) is 1. The highest BCUT2D eigenvalue weighted by Crippen LogP contribution is 2.13. The van der Waals surface area contributed by atoms with Gasteiger partial charge in [0.15, 0.2) is 0 Å². The molecule has 32 heavy (non-hydrogen) atoms. The summed E-state index contributed by atoms with van der Waals surface area (Å²) in [4.78, 5) is 23.6. The molecule has 0 aliphatic carbocycles. The van der Waals surface area contributed by atoms with Crippen LogP contribution in [0.15, 0.2) is 35.3 Å². The Morgan fingerprint density at radius 1 is 1.09 bits per heavy atom. The second-order valence-electron chi connectivity index (χ2n) is 8.76. The van der Waals surface area contributed by atoms with E-state index in [0.717, 1.165) is 43.9 Å². The van der Waals surface area contributed by atoms with E-state index >= 15 is 0 Å². The number of hydrogen-bond donors (Lipinski definition) is 2. The van der Waals surface area contributed by atoms with Gasteiger partial charge in [0, 0.05) is 22.7 Å². The highest BCUT2D eigenvalue weighted by Gasteiger charge is 2.19. The molecule has 0 spiro atoms. The minimum absolute atomic E-state index is 0.401. The Bertz CT molecular complexity index is 1440. The first-order valence-electron chi connectivity index (χ1n) is 10.4. The van der Waals surface area contributed by atoms with Crippen LogP contribution in [0, 0.1) is 13.8 Å². The van der Waals surface area contributed by atoms with Gasteiger partial charge in [0.1, 0.15) is 17.1 Å². The van der Waals surface area contributed by atoms with E-state index < -0.39 is 11.8 Å². The molecule has 0 saturated carbocycles. The van der Waals surface area contributed by atoms with Crippen molar-refractivity contribution < 1.29 is 19.0 Å². The van der Waals surface area contributed by atoms with Gasteiger partial charge < -0.3 is 24.2 Å². The number of nitrogens with one attached hydrogen (secondary N) is 2. The van der Waals surface area contributed by atoms with Crippen molar-refractivity contribution in [3.05, 3.63) is 68.6 Å². The van der Waals surface area contributed by atoms with Crippen molar-refractivity contribution in [3.8, 4) is 11.5 Å². The van der Waals surface area contributed by atoms with E-state index in [9.17, 15) is 4.79 Å². The predicted molar refractivity (Wildman–Crippen MR) is 122 cm³/mol. The number of hydrogen-bond acceptors (Lipinski definition) is 5. The van der Waals surface area contributed by atoms with Crippen molar-refractivity contribution in [2.75, 3.05) is 7.11 Å². The van der Waals surface area contributed by atoms with E-state index in [1.807, 2.05) is 31.2 Å². The zero-order valence-electron chi connectivity index (χ0n) is 19.1. The first-order chi connectivity index (χ1) is 15.1. The number of aromatic nitrogens is 2. The molecule has 0 unspecified atom stereocenters. The van der Waals surface area contributed by atoms with Crippen molar-refractivity contribution in [1.82, 2.24) is 9.97 Å². The maximum atomic E-state index is 12.1. The van der Waals surface area contributed by atoms with Crippen molar-refractivity contribution in [1.29, 1.82) is 0 Å². The fourth-order valence-corrected chi connectivity index (χ4v) is 3.57. The van der Waals surface area contributed by atoms with E-state index in [2.05, 4.69) is 23.0 Å². The summed E-state index contributed by atoms with van der Waals surface area (Å²) in [6.45, 7) is 9.46. The average Bonchev–Trinajstić information content (AvgIpc) is 3.37. The molecular formula is C25H27N3O4. The molecule has 3 heterocycles. The molecule has 0 amide bonds. The molecule has 0 bridgehead atoms. The molecule has 7 heteroatoms. The summed E-state index contributed by atoms with van der Waals surface area (Å²) in [5.74, 6) is 1.11. The van der Waals surface area contributed by atoms with Gasteiger partial charge in [-0.3, -0.25) is 0 Å². The molecule has 166 valence electrons. The maximum Gasteiger partial charge on any atom is 0.514 e. The van der Waals surface area contributed by atoms with Crippen LogP contribution >= 0.6 is 0 Å². The van der Waals surface area contributed by atoms with Crippen LogP contribution in [0.3, 0.4) is 0 Å². The van der Waals surface area contributed by atoms with Crippen LogP contribution in [0.2, 0.25) is 0 Å². The number of benzene rings is 1. The van der Waals surface area contributed by atoms with Crippen molar-refractivity contribution in [2.24, 2.45) is 4.99 Å². The van der Waals surface area contributed by atoms with E-state index in [-0.39, 0.29) is 0 Å². The van der Waals surface area contributed by atoms with Gasteiger partial charge in [0.25, 0.3) is 0 Å². The van der Waals surface area contributed by atoms with Gasteiger partial charge in [-0.1, -0.05) is 6.07 Å². The molecule has 1 aliphatic rings. The third-order valence-electron chi connectivity index (χ3n) is 4.93. The first kappa shape index (κ1) is 21.5. The van der Waals surface area contributed by atoms with E-state index in [1.54, 1.807) is 40.0 Å². The summed E-state index contributed by atoms with van der Waals surface area (Å²) in [6, 6.07) is 9.40. The largest absolute Gasteiger partial charge is 0.514 e. The number of aromatic amines is 2. The van der Waals surface area contributed by atoms with Gasteiger partial charge in [0.2, 0.25) is 0 Å². The lowest BCUT2D eigenvalue weighted by Crippen LogP contribution is -2.29. The third kappa shape index (κ3) is 4.46. The van der Waals surface area contributed by atoms with Crippen LogP contribution in [0.25, 0.3) is 17.8 Å². The van der Waals surface area contributed by atoms with E-state index in [1.165, 1.54) is 0 Å². The van der Waals surface area contributed by atoms with Gasteiger partial charge in [-0.15, -0.1) is 0 Å². The molecule has 7 nitrogen and oxygen atoms in total. The summed E-state index contributed by atoms with van der Waals surface area (Å²) < 4.78 is 16.3. The SMILES string of the molecule is COc1c/c(=C2\C=c3c(OC(=O)OC(C)(C)C)cccc3=N2)[nH]/c1=C\c1[nH]c(C)cc1C. The fraction of sp³-hybridized carbons (Fsp3) is 0.280. The number of carbonyl (C=O) groups is 1. The summed E-state index contributed by atoms with van der Waals surface area (Å²) in [5, 5.41) is 3.08. The van der Waals surface area contributed by atoms with Crippen LogP contribution in [0.5, 0.6) is 11.5 Å². The van der Waals surface area contributed by atoms with Gasteiger partial charge in [-0.25, -0.2) is 9.79 Å². The Morgan fingerprint density at radius 2 is 1.88 bits per heavy atom. The Balaban J connectivity index is 1.78. The van der Waals surface area contributed by atoms with Crippen LogP contribution in [0.1, 0.15) is 37.7 Å². The number of aryl methyl sites for hydroxylation is 2. The molecule has 4 rings (SSSR count). The van der Waals surface area contributed by atoms with Gasteiger partial charge in [0.05, 0.1) is 28.9 Å². The maximum absolute atomic E-state index is 12.1. The monoisotopic (exact) mass is 433 g/mol. The van der Waals surface area contributed by atoms with Crippen molar-refractivity contribution >= 4 is 24.0 Å². The second kappa shape index (κ2) is 8.07. The molecule has 1 aromatic carbocycles. The third-order valence-corrected chi connectivity index (χ3v) is 4.93. The zero-order valence-corrected chi connectivity index (χ0v) is 19.1. The number of methoxy groups -OCH3 is 1. The number of rotatable bonds is 3. The standard InChI is InChI=1S/C25H27N3O4/c1-14-10-15(2)26-18(14)12-21-23(30-6)13-20(28-21)19-11-16-17(27-19)8-7-9-22(16)31-24(29)32-25(3,4)5/h7-13,26,28H,1-6H3/b20-19-,21-12-. The van der Waals surface area contributed by atoms with Gasteiger partial charge in [-0.2, -0.15) is 0 Å². The minimum atomic E-state index is -0.747. The minimum Gasteiger partial charge on any atom is -0.494 e. The number of carbonyl (C=O) groups excluding carboxylic acids is 1. The van der Waals surface area contributed by atoms with Crippen molar-refractivity contribution in [3.63, 3.8) is 0 Å². The van der Waals surface area contributed by atoms with Gasteiger partial charge >= 0.3 is 6.16 Å². The summed E-state index contributed by atoms with van der Waals surface area (Å²) >= 11 is 0. The lowest BCUT2D eigenvalue weighted by Gasteiger charge is -2.18. The van der Waals surface area contributed by atoms with E-state index in [0.29, 0.717) is 11.5 Å². The molecule has 0 atom stereocenters. The number of ether oxygens (including phenoxy) is 3. The van der Waals surface area contributed by atoms with Crippen LogP contribution in [-0.4, -0.2) is 28.8 Å². The Kier molecular flexibility index (Phi) is 5.42. The molecule has 1 aliphatic heterocycles. The normalized spacial score (nSPS) is 15.1. The number of fused-ring (bicyclic) bond motifs is 1. The predicted octanol–water partition coefficient (Wildman–Crippen LogP) is 2.33. The van der Waals surface area contributed by atoms with Crippen LogP contribution in [-0.2, 0) is 4.74 Å². The quantitative estimate of drug-likeness (QED) is 0.490. The molecule has 0 fully saturated rings. The average molecular weight is 434 g/mol. The summed E-state index contributed by atoms with van der Waals surface area (Å²) in [5.41, 5.74) is 3.35. The lowest BCUT2D eigenvalue weighted by atomic mass is 10.2. The molecule has 3 aromatic rings. The molecule has 0 saturated heterocycles. The molecule has 2 N–H and O–H groups in total. The topological polar surface area (TPSA) is 88.7 Å². The Morgan fingerprint density at radius 3 is 2.53 bits per heavy atom. The lowest BCUT2D eigenvalue weighted by molar-refractivity contribution is 0.0204. The highest BCUT2D eigenvalue weighted by molar-refractivity contribution is 5.78. The molecule has 0 radical (unpaired) electrons. The fourth-order valence-electron chi connectivity index (χ4n) is 3.57. The zero-order chi connectivity index (χ0) is 23.0. The van der Waals surface area contributed by atoms with E-state index in [4.69, 9.17) is 19.2 Å². The summed E-state index contributed by atoms with van der Waals surface area (Å²) in [6.07, 6.45) is 3.15. The second-order valence-corrected chi connectivity index (χ2v) is 8.76. The van der Waals surface area contributed by atoms with Crippen LogP contribution in [0.4, 0.5) is 4.79 Å². The molecule has 2 aromatic heterocycles. The first-order valence-corrected chi connectivity index (χ1v) is 10.4. The van der Waals surface area contributed by atoms with Gasteiger partial charge in [-0.05, 0) is 70.5 Å². The Hall–Kier alpha value is -3.74.